The SMILES string of the molecule is OCCCCCCOCC12OC1O2. The minimum Gasteiger partial charge on any atom is -0.396 e. The average molecular weight is 188 g/mol. The molecule has 76 valence electrons. The molecule has 0 spiro atoms. The molecule has 0 unspecified atom stereocenters. The first kappa shape index (κ1) is 9.40. The number of aliphatic hydroxyl groups excluding tert-OH is 1. The second kappa shape index (κ2) is 3.92. The van der Waals surface area contributed by atoms with Gasteiger partial charge in [-0.15, -0.1) is 0 Å². The van der Waals surface area contributed by atoms with E-state index in [0.717, 1.165) is 32.3 Å². The van der Waals surface area contributed by atoms with Crippen LogP contribution in [0.1, 0.15) is 25.7 Å². The van der Waals surface area contributed by atoms with Crippen molar-refractivity contribution >= 4 is 0 Å². The molecule has 1 N–H and O–H groups in total. The van der Waals surface area contributed by atoms with Gasteiger partial charge in [-0.25, -0.2) is 0 Å². The zero-order valence-corrected chi connectivity index (χ0v) is 7.70. The van der Waals surface area contributed by atoms with Crippen molar-refractivity contribution in [2.75, 3.05) is 19.8 Å². The molecule has 2 heterocycles. The summed E-state index contributed by atoms with van der Waals surface area (Å²) in [7, 11) is 0. The summed E-state index contributed by atoms with van der Waals surface area (Å²) >= 11 is 0. The largest absolute Gasteiger partial charge is 0.396 e. The van der Waals surface area contributed by atoms with Crippen LogP contribution in [0, 0.1) is 0 Å². The predicted molar refractivity (Wildman–Crippen MR) is 45.1 cm³/mol. The van der Waals surface area contributed by atoms with Gasteiger partial charge in [-0.05, 0) is 12.8 Å². The molecule has 0 amide bonds. The Balaban J connectivity index is 1.33. The first-order chi connectivity index (χ1) is 6.37. The third kappa shape index (κ3) is 2.40. The Kier molecular flexibility index (Phi) is 2.83. The van der Waals surface area contributed by atoms with Crippen LogP contribution in [0.5, 0.6) is 0 Å². The van der Waals surface area contributed by atoms with Crippen molar-refractivity contribution in [1.82, 2.24) is 0 Å². The zero-order valence-electron chi connectivity index (χ0n) is 7.70. The minimum absolute atomic E-state index is 0.0573. The van der Waals surface area contributed by atoms with Gasteiger partial charge in [-0.1, -0.05) is 12.8 Å². The smallest absolute Gasteiger partial charge is 0.249 e. The lowest BCUT2D eigenvalue weighted by molar-refractivity contribution is -0.0863. The normalized spacial score (nSPS) is 34.4. The molecular weight excluding hydrogens is 172 g/mol. The first-order valence-electron chi connectivity index (χ1n) is 4.92. The van der Waals surface area contributed by atoms with Crippen molar-refractivity contribution in [2.45, 2.75) is 37.8 Å². The van der Waals surface area contributed by atoms with Gasteiger partial charge in [0.1, 0.15) is 6.61 Å². The summed E-state index contributed by atoms with van der Waals surface area (Å²) in [5.41, 5.74) is 0. The summed E-state index contributed by atoms with van der Waals surface area (Å²) < 4.78 is 15.5. The number of hydrogen-bond acceptors (Lipinski definition) is 4. The summed E-state index contributed by atoms with van der Waals surface area (Å²) in [6.07, 6.45) is 4.22. The van der Waals surface area contributed by atoms with Crippen LogP contribution in [0.25, 0.3) is 0 Å². The lowest BCUT2D eigenvalue weighted by Crippen LogP contribution is -2.10. The zero-order chi connectivity index (χ0) is 9.15. The molecule has 2 rings (SSSR count). The molecule has 2 aliphatic heterocycles. The topological polar surface area (TPSA) is 54.5 Å². The van der Waals surface area contributed by atoms with Crippen LogP contribution >= 0.6 is 0 Å². The summed E-state index contributed by atoms with van der Waals surface area (Å²) in [5, 5.41) is 8.53. The Bertz CT molecular complexity index is 165. The van der Waals surface area contributed by atoms with Gasteiger partial charge in [-0.2, -0.15) is 0 Å². The maximum absolute atomic E-state index is 8.53. The lowest BCUT2D eigenvalue weighted by Gasteiger charge is -2.03. The number of rotatable bonds is 8. The highest BCUT2D eigenvalue weighted by molar-refractivity contribution is 5.02. The van der Waals surface area contributed by atoms with Crippen LogP contribution in [0.2, 0.25) is 0 Å². The molecule has 4 nitrogen and oxygen atoms in total. The van der Waals surface area contributed by atoms with E-state index in [4.69, 9.17) is 19.3 Å². The minimum atomic E-state index is -0.300. The maximum Gasteiger partial charge on any atom is 0.249 e. The van der Waals surface area contributed by atoms with Gasteiger partial charge in [0.15, 0.2) is 0 Å². The van der Waals surface area contributed by atoms with E-state index in [1.165, 1.54) is 0 Å². The van der Waals surface area contributed by atoms with Crippen LogP contribution in [0.15, 0.2) is 0 Å². The average Bonchev–Trinajstić information content (AvgIpc) is 2.91. The highest BCUT2D eigenvalue weighted by atomic mass is 17.0. The van der Waals surface area contributed by atoms with Crippen LogP contribution in [-0.2, 0) is 14.2 Å². The molecule has 2 aliphatic rings. The van der Waals surface area contributed by atoms with Gasteiger partial charge < -0.3 is 19.3 Å². The summed E-state index contributed by atoms with van der Waals surface area (Å²) in [6.45, 7) is 1.65. The van der Waals surface area contributed by atoms with E-state index in [9.17, 15) is 0 Å². The second-order valence-corrected chi connectivity index (χ2v) is 3.57. The van der Waals surface area contributed by atoms with E-state index in [-0.39, 0.29) is 12.1 Å². The predicted octanol–water partition coefficient (Wildman–Crippen LogP) is 0.638. The molecule has 2 fully saturated rings. The number of unbranched alkanes of at least 4 members (excludes halogenated alkanes) is 3. The monoisotopic (exact) mass is 188 g/mol. The van der Waals surface area contributed by atoms with Crippen molar-refractivity contribution in [1.29, 1.82) is 0 Å². The molecule has 0 bridgehead atoms. The van der Waals surface area contributed by atoms with E-state index in [2.05, 4.69) is 0 Å². The van der Waals surface area contributed by atoms with E-state index < -0.39 is 0 Å². The van der Waals surface area contributed by atoms with E-state index >= 15 is 0 Å². The highest BCUT2D eigenvalue weighted by Crippen LogP contribution is 2.55. The van der Waals surface area contributed by atoms with Crippen molar-refractivity contribution in [3.63, 3.8) is 0 Å². The van der Waals surface area contributed by atoms with Gasteiger partial charge in [0.25, 0.3) is 0 Å². The van der Waals surface area contributed by atoms with Crippen molar-refractivity contribution in [2.24, 2.45) is 0 Å². The van der Waals surface area contributed by atoms with Gasteiger partial charge in [0.2, 0.25) is 12.1 Å². The summed E-state index contributed by atoms with van der Waals surface area (Å²) in [4.78, 5) is 0. The third-order valence-corrected chi connectivity index (χ3v) is 2.36. The molecule has 0 aromatic rings. The maximum atomic E-state index is 8.53. The van der Waals surface area contributed by atoms with E-state index in [0.29, 0.717) is 13.2 Å². The fourth-order valence-corrected chi connectivity index (χ4v) is 1.32. The highest BCUT2D eigenvalue weighted by Gasteiger charge is 2.77. The molecule has 0 atom stereocenters. The van der Waals surface area contributed by atoms with Crippen molar-refractivity contribution in [3.05, 3.63) is 0 Å². The van der Waals surface area contributed by atoms with Crippen molar-refractivity contribution in [3.8, 4) is 0 Å². The molecular formula is C9H16O4. The van der Waals surface area contributed by atoms with Crippen LogP contribution in [0.3, 0.4) is 0 Å². The van der Waals surface area contributed by atoms with E-state index in [1.54, 1.807) is 0 Å². The Morgan fingerprint density at radius 2 is 1.85 bits per heavy atom. The molecule has 0 aliphatic carbocycles. The third-order valence-electron chi connectivity index (χ3n) is 2.36. The summed E-state index contributed by atoms with van der Waals surface area (Å²) in [6, 6.07) is 0. The number of ether oxygens (including phenoxy) is 3. The lowest BCUT2D eigenvalue weighted by atomic mass is 10.2. The Morgan fingerprint density at radius 3 is 2.46 bits per heavy atom. The number of fused-ring (bicyclic) bond motifs is 1. The van der Waals surface area contributed by atoms with Gasteiger partial charge in [0, 0.05) is 13.2 Å². The molecule has 2 saturated heterocycles. The van der Waals surface area contributed by atoms with E-state index in [1.807, 2.05) is 0 Å². The molecule has 13 heavy (non-hydrogen) atoms. The van der Waals surface area contributed by atoms with Gasteiger partial charge >= 0.3 is 0 Å². The molecule has 0 saturated carbocycles. The molecule has 4 heteroatoms. The Morgan fingerprint density at radius 1 is 1.15 bits per heavy atom. The fraction of sp³-hybridized carbons (Fsp3) is 1.00. The molecule has 0 radical (unpaired) electrons. The Labute approximate surface area is 77.8 Å². The van der Waals surface area contributed by atoms with Crippen molar-refractivity contribution < 1.29 is 19.3 Å². The number of aliphatic hydroxyl groups is 1. The Hall–Kier alpha value is -0.160. The van der Waals surface area contributed by atoms with Crippen LogP contribution < -0.4 is 0 Å². The van der Waals surface area contributed by atoms with Gasteiger partial charge in [-0.3, -0.25) is 0 Å². The van der Waals surface area contributed by atoms with Gasteiger partial charge in [0.05, 0.1) is 0 Å². The number of epoxide rings is 2. The number of hydrogen-bond donors (Lipinski definition) is 1. The van der Waals surface area contributed by atoms with Crippen LogP contribution in [0.4, 0.5) is 0 Å². The quantitative estimate of drug-likeness (QED) is 0.448. The van der Waals surface area contributed by atoms with Crippen LogP contribution in [-0.4, -0.2) is 37.0 Å². The first-order valence-corrected chi connectivity index (χ1v) is 4.92. The molecule has 0 aromatic heterocycles. The molecule has 0 aromatic carbocycles. The summed E-state index contributed by atoms with van der Waals surface area (Å²) in [5.74, 6) is -0.300. The second-order valence-electron chi connectivity index (χ2n) is 3.57. The fourth-order valence-electron chi connectivity index (χ4n) is 1.32. The standard InChI is InChI=1S/C9H16O4/c10-5-3-1-2-4-6-11-7-9-8(12-9)13-9/h8,10H,1-7H2.